The van der Waals surface area contributed by atoms with Crippen molar-refractivity contribution in [1.29, 1.82) is 0 Å². The number of carbonyl (C=O) groups excluding carboxylic acids is 1. The average molecular weight is 297 g/mol. The van der Waals surface area contributed by atoms with Crippen LogP contribution in [0.1, 0.15) is 31.5 Å². The maximum absolute atomic E-state index is 11.8. The van der Waals surface area contributed by atoms with Gasteiger partial charge in [-0.05, 0) is 0 Å². The Morgan fingerprint density at radius 2 is 2.15 bits per heavy atom. The number of morpholine rings is 1. The Labute approximate surface area is 124 Å². The minimum Gasteiger partial charge on any atom is -0.379 e. The van der Waals surface area contributed by atoms with Crippen molar-refractivity contribution >= 4 is 17.2 Å². The summed E-state index contributed by atoms with van der Waals surface area (Å²) in [6.45, 7) is 10.7. The second kappa shape index (κ2) is 6.65. The predicted octanol–water partition coefficient (Wildman–Crippen LogP) is 1.64. The van der Waals surface area contributed by atoms with Crippen molar-refractivity contribution in [3.8, 4) is 0 Å². The minimum atomic E-state index is -0.353. The Kier molecular flexibility index (Phi) is 5.12. The van der Waals surface area contributed by atoms with Gasteiger partial charge in [0, 0.05) is 30.4 Å². The lowest BCUT2D eigenvalue weighted by Gasteiger charge is -2.25. The molecule has 2 rings (SSSR count). The number of hydrogen-bond acceptors (Lipinski definition) is 5. The first-order chi connectivity index (χ1) is 9.45. The Hall–Kier alpha value is -0.980. The van der Waals surface area contributed by atoms with E-state index in [1.165, 1.54) is 0 Å². The van der Waals surface area contributed by atoms with Crippen LogP contribution in [-0.4, -0.2) is 42.1 Å². The van der Waals surface area contributed by atoms with Crippen molar-refractivity contribution in [3.63, 3.8) is 0 Å². The minimum absolute atomic E-state index is 0.0578. The normalized spacial score (nSPS) is 17.1. The summed E-state index contributed by atoms with van der Waals surface area (Å²) in [6, 6.07) is 0. The fourth-order valence-electron chi connectivity index (χ4n) is 1.91. The molecule has 0 aliphatic carbocycles. The monoisotopic (exact) mass is 297 g/mol. The zero-order valence-corrected chi connectivity index (χ0v) is 13.3. The number of carbonyl (C=O) groups is 1. The Morgan fingerprint density at radius 1 is 1.45 bits per heavy atom. The van der Waals surface area contributed by atoms with Gasteiger partial charge in [-0.15, -0.1) is 11.3 Å². The van der Waals surface area contributed by atoms with Crippen LogP contribution in [0.15, 0.2) is 5.38 Å². The topological polar surface area (TPSA) is 54.5 Å². The SMILES string of the molecule is CC(C)(C)C(=O)NCc1nc(CN2CCOCC2)cs1. The summed E-state index contributed by atoms with van der Waals surface area (Å²) in [4.78, 5) is 18.7. The van der Waals surface area contributed by atoms with Crippen LogP contribution < -0.4 is 5.32 Å². The summed E-state index contributed by atoms with van der Waals surface area (Å²) in [5, 5.41) is 5.97. The molecule has 1 aliphatic rings. The molecular formula is C14H23N3O2S. The number of hydrogen-bond donors (Lipinski definition) is 1. The molecule has 0 spiro atoms. The van der Waals surface area contributed by atoms with Crippen molar-refractivity contribution in [2.45, 2.75) is 33.9 Å². The summed E-state index contributed by atoms with van der Waals surface area (Å²) in [5.41, 5.74) is 0.727. The second-order valence-electron chi connectivity index (χ2n) is 6.05. The van der Waals surface area contributed by atoms with Gasteiger partial charge in [-0.3, -0.25) is 9.69 Å². The highest BCUT2D eigenvalue weighted by molar-refractivity contribution is 7.09. The van der Waals surface area contributed by atoms with Gasteiger partial charge >= 0.3 is 0 Å². The van der Waals surface area contributed by atoms with Crippen LogP contribution >= 0.6 is 11.3 Å². The largest absolute Gasteiger partial charge is 0.379 e. The van der Waals surface area contributed by atoms with Crippen LogP contribution in [0.3, 0.4) is 0 Å². The summed E-state index contributed by atoms with van der Waals surface area (Å²) in [6.07, 6.45) is 0. The highest BCUT2D eigenvalue weighted by Gasteiger charge is 2.21. The molecule has 1 aliphatic heterocycles. The molecule has 2 heterocycles. The van der Waals surface area contributed by atoms with E-state index in [9.17, 15) is 4.79 Å². The van der Waals surface area contributed by atoms with E-state index in [2.05, 4.69) is 20.6 Å². The van der Waals surface area contributed by atoms with Crippen LogP contribution in [0, 0.1) is 5.41 Å². The highest BCUT2D eigenvalue weighted by Crippen LogP contribution is 2.15. The zero-order valence-electron chi connectivity index (χ0n) is 12.4. The van der Waals surface area contributed by atoms with E-state index in [-0.39, 0.29) is 11.3 Å². The third kappa shape index (κ3) is 4.54. The molecule has 1 amide bonds. The molecular weight excluding hydrogens is 274 g/mol. The first kappa shape index (κ1) is 15.4. The van der Waals surface area contributed by atoms with E-state index < -0.39 is 0 Å². The first-order valence-electron chi connectivity index (χ1n) is 6.97. The summed E-state index contributed by atoms with van der Waals surface area (Å²) < 4.78 is 5.33. The molecule has 6 heteroatoms. The lowest BCUT2D eigenvalue weighted by Crippen LogP contribution is -2.35. The molecule has 0 bridgehead atoms. The van der Waals surface area contributed by atoms with Gasteiger partial charge in [-0.25, -0.2) is 4.98 Å². The van der Waals surface area contributed by atoms with Gasteiger partial charge < -0.3 is 10.1 Å². The van der Waals surface area contributed by atoms with Crippen LogP contribution in [-0.2, 0) is 22.6 Å². The van der Waals surface area contributed by atoms with E-state index in [0.717, 1.165) is 43.5 Å². The second-order valence-corrected chi connectivity index (χ2v) is 7.00. The van der Waals surface area contributed by atoms with E-state index in [0.29, 0.717) is 6.54 Å². The zero-order chi connectivity index (χ0) is 14.6. The molecule has 0 unspecified atom stereocenters. The molecule has 0 saturated carbocycles. The lowest BCUT2D eigenvalue weighted by atomic mass is 9.96. The molecule has 112 valence electrons. The van der Waals surface area contributed by atoms with Crippen LogP contribution in [0.25, 0.3) is 0 Å². The molecule has 0 radical (unpaired) electrons. The smallest absolute Gasteiger partial charge is 0.225 e. The molecule has 1 N–H and O–H groups in total. The maximum atomic E-state index is 11.8. The van der Waals surface area contributed by atoms with Gasteiger partial charge in [0.2, 0.25) is 5.91 Å². The number of rotatable bonds is 4. The lowest BCUT2D eigenvalue weighted by molar-refractivity contribution is -0.128. The quantitative estimate of drug-likeness (QED) is 0.918. The van der Waals surface area contributed by atoms with E-state index in [1.54, 1.807) is 11.3 Å². The van der Waals surface area contributed by atoms with Gasteiger partial charge in [0.1, 0.15) is 5.01 Å². The Balaban J connectivity index is 1.81. The third-order valence-corrected chi connectivity index (χ3v) is 4.07. The van der Waals surface area contributed by atoms with Gasteiger partial charge in [-0.2, -0.15) is 0 Å². The fraction of sp³-hybridized carbons (Fsp3) is 0.714. The molecule has 5 nitrogen and oxygen atoms in total. The Bertz CT molecular complexity index is 448. The van der Waals surface area contributed by atoms with Crippen molar-refractivity contribution in [1.82, 2.24) is 15.2 Å². The number of amides is 1. The predicted molar refractivity (Wildman–Crippen MR) is 79.5 cm³/mol. The molecule has 1 saturated heterocycles. The molecule has 20 heavy (non-hydrogen) atoms. The van der Waals surface area contributed by atoms with Crippen molar-refractivity contribution in [3.05, 3.63) is 16.1 Å². The summed E-state index contributed by atoms with van der Waals surface area (Å²) in [5.74, 6) is 0.0578. The maximum Gasteiger partial charge on any atom is 0.225 e. The Morgan fingerprint density at radius 3 is 2.80 bits per heavy atom. The molecule has 1 aromatic heterocycles. The number of thiazole rings is 1. The molecule has 1 aromatic rings. The van der Waals surface area contributed by atoms with E-state index >= 15 is 0 Å². The van der Waals surface area contributed by atoms with Crippen molar-refractivity contribution < 1.29 is 9.53 Å². The standard InChI is InChI=1S/C14H23N3O2S/c1-14(2,3)13(18)15-8-12-16-11(10-20-12)9-17-4-6-19-7-5-17/h10H,4-9H2,1-3H3,(H,15,18). The number of nitrogens with one attached hydrogen (secondary N) is 1. The first-order valence-corrected chi connectivity index (χ1v) is 7.85. The van der Waals surface area contributed by atoms with Gasteiger partial charge in [0.15, 0.2) is 0 Å². The van der Waals surface area contributed by atoms with Gasteiger partial charge in [-0.1, -0.05) is 20.8 Å². The summed E-state index contributed by atoms with van der Waals surface area (Å²) in [7, 11) is 0. The van der Waals surface area contributed by atoms with Crippen LogP contribution in [0.4, 0.5) is 0 Å². The number of aromatic nitrogens is 1. The highest BCUT2D eigenvalue weighted by atomic mass is 32.1. The average Bonchev–Trinajstić information content (AvgIpc) is 2.83. The molecule has 1 fully saturated rings. The number of nitrogens with zero attached hydrogens (tertiary/aromatic N) is 2. The third-order valence-electron chi connectivity index (χ3n) is 3.17. The van der Waals surface area contributed by atoms with Crippen LogP contribution in [0.5, 0.6) is 0 Å². The van der Waals surface area contributed by atoms with Crippen molar-refractivity contribution in [2.75, 3.05) is 26.3 Å². The molecule has 0 aromatic carbocycles. The number of ether oxygens (including phenoxy) is 1. The van der Waals surface area contributed by atoms with E-state index in [1.807, 2.05) is 20.8 Å². The fourth-order valence-corrected chi connectivity index (χ4v) is 2.64. The van der Waals surface area contributed by atoms with Gasteiger partial charge in [0.25, 0.3) is 0 Å². The van der Waals surface area contributed by atoms with E-state index in [4.69, 9.17) is 4.74 Å². The van der Waals surface area contributed by atoms with Gasteiger partial charge in [0.05, 0.1) is 25.5 Å². The van der Waals surface area contributed by atoms with Crippen molar-refractivity contribution in [2.24, 2.45) is 5.41 Å². The van der Waals surface area contributed by atoms with Crippen LogP contribution in [0.2, 0.25) is 0 Å². The molecule has 0 atom stereocenters. The summed E-state index contributed by atoms with van der Waals surface area (Å²) >= 11 is 1.61.